The summed E-state index contributed by atoms with van der Waals surface area (Å²) in [4.78, 5) is 0. The lowest BCUT2D eigenvalue weighted by molar-refractivity contribution is 0.00655. The maximum absolute atomic E-state index is 9.70. The first-order chi connectivity index (χ1) is 10.3. The van der Waals surface area contributed by atoms with Gasteiger partial charge in [-0.1, -0.05) is 51.9 Å². The van der Waals surface area contributed by atoms with Crippen molar-refractivity contribution in [2.75, 3.05) is 39.5 Å². The third kappa shape index (κ3) is 17.8. The van der Waals surface area contributed by atoms with Crippen molar-refractivity contribution in [3.05, 3.63) is 0 Å². The highest BCUT2D eigenvalue weighted by molar-refractivity contribution is 4.58. The molecule has 0 radical (unpaired) electrons. The first kappa shape index (κ1) is 20.8. The molecule has 21 heavy (non-hydrogen) atoms. The van der Waals surface area contributed by atoms with Gasteiger partial charge in [0, 0.05) is 13.2 Å². The molecule has 128 valence electrons. The number of aliphatic hydroxyl groups excluding tert-OH is 1. The minimum absolute atomic E-state index is 0.386. The van der Waals surface area contributed by atoms with Crippen molar-refractivity contribution < 1.29 is 14.6 Å². The Hall–Kier alpha value is -0.160. The van der Waals surface area contributed by atoms with Gasteiger partial charge in [0.15, 0.2) is 0 Å². The lowest BCUT2D eigenvalue weighted by Crippen LogP contribution is -2.31. The Morgan fingerprint density at radius 1 is 0.857 bits per heavy atom. The first-order valence-corrected chi connectivity index (χ1v) is 8.85. The van der Waals surface area contributed by atoms with E-state index in [4.69, 9.17) is 9.47 Å². The summed E-state index contributed by atoms with van der Waals surface area (Å²) in [6, 6.07) is 0. The monoisotopic (exact) mass is 303 g/mol. The quantitative estimate of drug-likeness (QED) is 0.405. The summed E-state index contributed by atoms with van der Waals surface area (Å²) in [5.74, 6) is 0. The normalized spacial score (nSPS) is 12.7. The molecule has 0 aromatic carbocycles. The van der Waals surface area contributed by atoms with E-state index in [1.807, 2.05) is 6.92 Å². The summed E-state index contributed by atoms with van der Waals surface area (Å²) in [7, 11) is 0. The molecule has 4 nitrogen and oxygen atoms in total. The summed E-state index contributed by atoms with van der Waals surface area (Å²) in [6.45, 7) is 8.09. The molecular weight excluding hydrogens is 266 g/mol. The Morgan fingerprint density at radius 2 is 1.48 bits per heavy atom. The minimum atomic E-state index is -0.416. The Morgan fingerprint density at radius 3 is 2.14 bits per heavy atom. The van der Waals surface area contributed by atoms with Gasteiger partial charge >= 0.3 is 0 Å². The number of unbranched alkanes of at least 4 members (excludes halogenated alkanes) is 7. The fourth-order valence-corrected chi connectivity index (χ4v) is 2.19. The molecule has 0 bridgehead atoms. The van der Waals surface area contributed by atoms with E-state index in [2.05, 4.69) is 12.2 Å². The number of hydrogen-bond donors (Lipinski definition) is 2. The largest absolute Gasteiger partial charge is 0.389 e. The molecule has 0 fully saturated rings. The predicted octanol–water partition coefficient (Wildman–Crippen LogP) is 3.13. The van der Waals surface area contributed by atoms with E-state index in [-0.39, 0.29) is 0 Å². The summed E-state index contributed by atoms with van der Waals surface area (Å²) >= 11 is 0. The zero-order chi connectivity index (χ0) is 15.6. The van der Waals surface area contributed by atoms with E-state index < -0.39 is 6.10 Å². The summed E-state index contributed by atoms with van der Waals surface area (Å²) in [5, 5.41) is 13.0. The molecule has 0 saturated carbocycles. The maximum atomic E-state index is 9.70. The van der Waals surface area contributed by atoms with Crippen LogP contribution in [0.1, 0.15) is 65.2 Å². The van der Waals surface area contributed by atoms with Crippen LogP contribution in [0.2, 0.25) is 0 Å². The van der Waals surface area contributed by atoms with Crippen molar-refractivity contribution in [2.45, 2.75) is 71.3 Å². The van der Waals surface area contributed by atoms with Gasteiger partial charge < -0.3 is 19.9 Å². The Balaban J connectivity index is 3.09. The first-order valence-electron chi connectivity index (χ1n) is 8.85. The van der Waals surface area contributed by atoms with Gasteiger partial charge in [-0.15, -0.1) is 0 Å². The van der Waals surface area contributed by atoms with Gasteiger partial charge in [-0.2, -0.15) is 0 Å². The molecule has 1 unspecified atom stereocenters. The average molecular weight is 303 g/mol. The van der Waals surface area contributed by atoms with Crippen molar-refractivity contribution in [1.29, 1.82) is 0 Å². The van der Waals surface area contributed by atoms with Crippen LogP contribution >= 0.6 is 0 Å². The van der Waals surface area contributed by atoms with Crippen LogP contribution in [0.25, 0.3) is 0 Å². The van der Waals surface area contributed by atoms with E-state index >= 15 is 0 Å². The Kier molecular flexibility index (Phi) is 17.8. The van der Waals surface area contributed by atoms with Gasteiger partial charge in [0.2, 0.25) is 0 Å². The minimum Gasteiger partial charge on any atom is -0.389 e. The van der Waals surface area contributed by atoms with Crippen LogP contribution in [0.4, 0.5) is 0 Å². The zero-order valence-electron chi connectivity index (χ0n) is 14.2. The molecule has 0 rings (SSSR count). The van der Waals surface area contributed by atoms with Gasteiger partial charge in [0.1, 0.15) is 0 Å². The maximum Gasteiger partial charge on any atom is 0.0897 e. The molecule has 2 N–H and O–H groups in total. The number of nitrogens with one attached hydrogen (secondary N) is 1. The third-order valence-electron chi connectivity index (χ3n) is 3.47. The highest BCUT2D eigenvalue weighted by Gasteiger charge is 2.03. The molecule has 0 aliphatic carbocycles. The summed E-state index contributed by atoms with van der Waals surface area (Å²) in [5.41, 5.74) is 0. The number of rotatable bonds is 17. The van der Waals surface area contributed by atoms with Gasteiger partial charge in [-0.3, -0.25) is 0 Å². The predicted molar refractivity (Wildman–Crippen MR) is 88.8 cm³/mol. The van der Waals surface area contributed by atoms with Gasteiger partial charge in [0.25, 0.3) is 0 Å². The molecule has 0 aromatic rings. The fourth-order valence-electron chi connectivity index (χ4n) is 2.19. The van der Waals surface area contributed by atoms with E-state index in [1.54, 1.807) is 0 Å². The smallest absolute Gasteiger partial charge is 0.0897 e. The van der Waals surface area contributed by atoms with Crippen LogP contribution in [0, 0.1) is 0 Å². The lowest BCUT2D eigenvalue weighted by Gasteiger charge is -2.12. The highest BCUT2D eigenvalue weighted by atomic mass is 16.5. The van der Waals surface area contributed by atoms with E-state index in [0.29, 0.717) is 33.0 Å². The summed E-state index contributed by atoms with van der Waals surface area (Å²) in [6.07, 6.45) is 10.3. The second-order valence-corrected chi connectivity index (χ2v) is 5.60. The molecule has 0 aliphatic rings. The Bertz CT molecular complexity index is 191. The lowest BCUT2D eigenvalue weighted by atomic mass is 10.1. The van der Waals surface area contributed by atoms with Crippen molar-refractivity contribution in [3.63, 3.8) is 0 Å². The molecule has 4 heteroatoms. The molecule has 0 saturated heterocycles. The fraction of sp³-hybridized carbons (Fsp3) is 1.00. The van der Waals surface area contributed by atoms with Crippen LogP contribution in [0.15, 0.2) is 0 Å². The van der Waals surface area contributed by atoms with Gasteiger partial charge in [-0.05, 0) is 19.9 Å². The van der Waals surface area contributed by atoms with Crippen LogP contribution in [0.3, 0.4) is 0 Å². The summed E-state index contributed by atoms with van der Waals surface area (Å²) < 4.78 is 10.5. The zero-order valence-corrected chi connectivity index (χ0v) is 14.2. The number of ether oxygens (including phenoxy) is 2. The second kappa shape index (κ2) is 17.9. The van der Waals surface area contributed by atoms with Crippen molar-refractivity contribution in [3.8, 4) is 0 Å². The molecule has 0 heterocycles. The third-order valence-corrected chi connectivity index (χ3v) is 3.47. The topological polar surface area (TPSA) is 50.7 Å². The van der Waals surface area contributed by atoms with Crippen LogP contribution < -0.4 is 5.32 Å². The molecule has 0 amide bonds. The Labute approximate surface area is 131 Å². The van der Waals surface area contributed by atoms with E-state index in [1.165, 1.54) is 51.4 Å². The molecule has 1 atom stereocenters. The molecule has 0 aromatic heterocycles. The molecule has 0 aliphatic heterocycles. The van der Waals surface area contributed by atoms with E-state index in [0.717, 1.165) is 6.54 Å². The number of aliphatic hydroxyl groups is 1. The molecular formula is C17H37NO3. The molecule has 0 spiro atoms. The van der Waals surface area contributed by atoms with E-state index in [9.17, 15) is 5.11 Å². The number of hydrogen-bond acceptors (Lipinski definition) is 4. The second-order valence-electron chi connectivity index (χ2n) is 5.60. The van der Waals surface area contributed by atoms with Gasteiger partial charge in [0.05, 0.1) is 25.9 Å². The SMILES string of the molecule is CCCCCCCCCCNCC(O)COCCOCC. The van der Waals surface area contributed by atoms with Crippen LogP contribution in [-0.2, 0) is 9.47 Å². The van der Waals surface area contributed by atoms with Crippen molar-refractivity contribution in [2.24, 2.45) is 0 Å². The average Bonchev–Trinajstić information content (AvgIpc) is 2.49. The van der Waals surface area contributed by atoms with Crippen LogP contribution in [-0.4, -0.2) is 50.7 Å². The van der Waals surface area contributed by atoms with Gasteiger partial charge in [-0.25, -0.2) is 0 Å². The van der Waals surface area contributed by atoms with Crippen molar-refractivity contribution in [1.82, 2.24) is 5.32 Å². The van der Waals surface area contributed by atoms with Crippen molar-refractivity contribution >= 4 is 0 Å². The standard InChI is InChI=1S/C17H37NO3/c1-3-5-6-7-8-9-10-11-12-18-15-17(19)16-21-14-13-20-4-2/h17-19H,3-16H2,1-2H3. The van der Waals surface area contributed by atoms with Crippen LogP contribution in [0.5, 0.6) is 0 Å². The highest BCUT2D eigenvalue weighted by Crippen LogP contribution is 2.07.